The normalized spacial score (nSPS) is 13.8. The standard InChI is InChI=1S/C22H30N6O9/c23-12(6-7-16(24)29)19(33)26-13(8-11-4-2-1-3-5-11)20(34)27-14(9-17(25)30)21(35)28-15(22(36)37)10-18(31)32/h1-5,12-15H,6-10,23H2,(H2,24,29)(H2,25,30)(H,26,33)(H,27,34)(H,28,35)(H,31,32)(H,36,37). The van der Waals surface area contributed by atoms with Crippen molar-refractivity contribution in [3.8, 4) is 0 Å². The van der Waals surface area contributed by atoms with Gasteiger partial charge in [-0.2, -0.15) is 0 Å². The highest BCUT2D eigenvalue weighted by Crippen LogP contribution is 2.06. The van der Waals surface area contributed by atoms with Crippen LogP contribution in [0.4, 0.5) is 0 Å². The molecule has 0 saturated heterocycles. The highest BCUT2D eigenvalue weighted by Gasteiger charge is 2.32. The van der Waals surface area contributed by atoms with Crippen LogP contribution in [0, 0.1) is 0 Å². The number of carbonyl (C=O) groups is 7. The zero-order valence-corrected chi connectivity index (χ0v) is 19.7. The monoisotopic (exact) mass is 522 g/mol. The van der Waals surface area contributed by atoms with Crippen LogP contribution in [0.3, 0.4) is 0 Å². The van der Waals surface area contributed by atoms with Crippen molar-refractivity contribution in [1.82, 2.24) is 16.0 Å². The van der Waals surface area contributed by atoms with Crippen molar-refractivity contribution in [3.05, 3.63) is 35.9 Å². The third-order valence-corrected chi connectivity index (χ3v) is 4.99. The van der Waals surface area contributed by atoms with Gasteiger partial charge >= 0.3 is 11.9 Å². The van der Waals surface area contributed by atoms with E-state index >= 15 is 0 Å². The number of carbonyl (C=O) groups excluding carboxylic acids is 5. The molecule has 0 aromatic heterocycles. The van der Waals surface area contributed by atoms with Crippen LogP contribution in [0.5, 0.6) is 0 Å². The van der Waals surface area contributed by atoms with E-state index in [1.54, 1.807) is 30.3 Å². The number of hydrogen-bond acceptors (Lipinski definition) is 8. The number of rotatable bonds is 16. The predicted octanol–water partition coefficient (Wildman–Crippen LogP) is -3.29. The maximum Gasteiger partial charge on any atom is 0.326 e. The molecule has 0 spiro atoms. The Bertz CT molecular complexity index is 1020. The first-order valence-electron chi connectivity index (χ1n) is 11.0. The van der Waals surface area contributed by atoms with Crippen molar-refractivity contribution >= 4 is 41.5 Å². The van der Waals surface area contributed by atoms with Crippen molar-refractivity contribution in [1.29, 1.82) is 0 Å². The van der Waals surface area contributed by atoms with E-state index in [0.717, 1.165) is 0 Å². The minimum atomic E-state index is -1.85. The molecular formula is C22H30N6O9. The number of nitrogens with two attached hydrogens (primary N) is 3. The van der Waals surface area contributed by atoms with Crippen molar-refractivity contribution in [2.75, 3.05) is 0 Å². The van der Waals surface area contributed by atoms with Crippen LogP contribution in [0.15, 0.2) is 30.3 Å². The number of aliphatic carboxylic acids is 2. The van der Waals surface area contributed by atoms with Gasteiger partial charge < -0.3 is 43.4 Å². The average molecular weight is 523 g/mol. The van der Waals surface area contributed by atoms with Gasteiger partial charge in [-0.1, -0.05) is 30.3 Å². The molecule has 202 valence electrons. The van der Waals surface area contributed by atoms with E-state index in [9.17, 15) is 33.6 Å². The van der Waals surface area contributed by atoms with E-state index in [0.29, 0.717) is 5.56 Å². The lowest BCUT2D eigenvalue weighted by atomic mass is 10.0. The SMILES string of the molecule is NC(=O)CCC(N)C(=O)NC(Cc1ccccc1)C(=O)NC(CC(N)=O)C(=O)NC(CC(=O)O)C(=O)O. The summed E-state index contributed by atoms with van der Waals surface area (Å²) in [7, 11) is 0. The quantitative estimate of drug-likeness (QED) is 0.107. The Morgan fingerprint density at radius 3 is 1.78 bits per heavy atom. The molecule has 0 bridgehead atoms. The van der Waals surface area contributed by atoms with Crippen molar-refractivity contribution in [2.45, 2.75) is 56.3 Å². The molecule has 15 nitrogen and oxygen atoms in total. The molecule has 5 amide bonds. The zero-order valence-electron chi connectivity index (χ0n) is 19.7. The number of carboxylic acid groups (broad SMARTS) is 2. The van der Waals surface area contributed by atoms with Gasteiger partial charge in [0.1, 0.15) is 18.1 Å². The molecule has 0 fully saturated rings. The molecule has 0 heterocycles. The van der Waals surface area contributed by atoms with Gasteiger partial charge in [-0.05, 0) is 12.0 Å². The van der Waals surface area contributed by atoms with Gasteiger partial charge in [0.15, 0.2) is 0 Å². The van der Waals surface area contributed by atoms with Gasteiger partial charge in [-0.25, -0.2) is 4.79 Å². The highest BCUT2D eigenvalue weighted by molar-refractivity contribution is 5.96. The first-order chi connectivity index (χ1) is 17.3. The highest BCUT2D eigenvalue weighted by atomic mass is 16.4. The first kappa shape index (κ1) is 30.5. The molecule has 1 rings (SSSR count). The van der Waals surface area contributed by atoms with E-state index in [-0.39, 0.29) is 19.3 Å². The number of amides is 5. The van der Waals surface area contributed by atoms with Crippen molar-refractivity contribution in [2.24, 2.45) is 17.2 Å². The smallest absolute Gasteiger partial charge is 0.326 e. The molecule has 11 N–H and O–H groups in total. The first-order valence-corrected chi connectivity index (χ1v) is 11.0. The molecule has 1 aromatic rings. The Hall–Kier alpha value is -4.53. The Kier molecular flexibility index (Phi) is 12.2. The van der Waals surface area contributed by atoms with Gasteiger partial charge in [0.05, 0.1) is 18.9 Å². The van der Waals surface area contributed by atoms with Crippen LogP contribution in [0.2, 0.25) is 0 Å². The van der Waals surface area contributed by atoms with Crippen molar-refractivity contribution < 1.29 is 43.8 Å². The lowest BCUT2D eigenvalue weighted by Crippen LogP contribution is -2.58. The van der Waals surface area contributed by atoms with Crippen LogP contribution in [-0.4, -0.2) is 75.9 Å². The molecule has 0 saturated carbocycles. The minimum absolute atomic E-state index is 0.0668. The van der Waals surface area contributed by atoms with E-state index in [1.807, 2.05) is 5.32 Å². The lowest BCUT2D eigenvalue weighted by Gasteiger charge is -2.24. The van der Waals surface area contributed by atoms with E-state index in [4.69, 9.17) is 27.4 Å². The number of hydrogen-bond donors (Lipinski definition) is 8. The van der Waals surface area contributed by atoms with Gasteiger partial charge in [0.25, 0.3) is 0 Å². The summed E-state index contributed by atoms with van der Waals surface area (Å²) >= 11 is 0. The molecule has 0 aliphatic carbocycles. The van der Waals surface area contributed by atoms with E-state index < -0.39 is 78.5 Å². The van der Waals surface area contributed by atoms with E-state index in [1.165, 1.54) is 0 Å². The molecule has 4 unspecified atom stereocenters. The summed E-state index contributed by atoms with van der Waals surface area (Å²) in [5.41, 5.74) is 16.6. The Morgan fingerprint density at radius 2 is 1.27 bits per heavy atom. The molecule has 0 aliphatic rings. The Morgan fingerprint density at radius 1 is 0.730 bits per heavy atom. The fraction of sp³-hybridized carbons (Fsp3) is 0.409. The van der Waals surface area contributed by atoms with Crippen molar-refractivity contribution in [3.63, 3.8) is 0 Å². The van der Waals surface area contributed by atoms with E-state index in [2.05, 4.69) is 10.6 Å². The average Bonchev–Trinajstić information content (AvgIpc) is 2.80. The number of carboxylic acids is 2. The summed E-state index contributed by atoms with van der Waals surface area (Å²) < 4.78 is 0. The summed E-state index contributed by atoms with van der Waals surface area (Å²) in [5, 5.41) is 24.6. The zero-order chi connectivity index (χ0) is 28.1. The molecule has 15 heteroatoms. The van der Waals surface area contributed by atoms with Gasteiger partial charge in [0.2, 0.25) is 29.5 Å². The Labute approximate surface area is 211 Å². The second-order valence-corrected chi connectivity index (χ2v) is 8.09. The number of benzene rings is 1. The molecule has 1 aromatic carbocycles. The molecule has 37 heavy (non-hydrogen) atoms. The van der Waals surface area contributed by atoms with Crippen LogP contribution in [0.1, 0.15) is 31.2 Å². The number of nitrogens with one attached hydrogen (secondary N) is 3. The maximum absolute atomic E-state index is 13.1. The summed E-state index contributed by atoms with van der Waals surface area (Å²) in [6.07, 6.45) is -2.04. The summed E-state index contributed by atoms with van der Waals surface area (Å²) in [6.45, 7) is 0. The second kappa shape index (κ2) is 14.8. The largest absolute Gasteiger partial charge is 0.481 e. The minimum Gasteiger partial charge on any atom is -0.481 e. The molecular weight excluding hydrogens is 492 g/mol. The second-order valence-electron chi connectivity index (χ2n) is 8.09. The summed E-state index contributed by atoms with van der Waals surface area (Å²) in [6, 6.07) is 2.39. The lowest BCUT2D eigenvalue weighted by molar-refractivity contribution is -0.147. The maximum atomic E-state index is 13.1. The molecule has 0 radical (unpaired) electrons. The van der Waals surface area contributed by atoms with Crippen LogP contribution < -0.4 is 33.2 Å². The topological polar surface area (TPSA) is 274 Å². The third kappa shape index (κ3) is 11.6. The fourth-order valence-corrected chi connectivity index (χ4v) is 3.10. The third-order valence-electron chi connectivity index (χ3n) is 4.99. The van der Waals surface area contributed by atoms with Gasteiger partial charge in [-0.15, -0.1) is 0 Å². The fourth-order valence-electron chi connectivity index (χ4n) is 3.10. The molecule has 4 atom stereocenters. The Balaban J connectivity index is 3.11. The van der Waals surface area contributed by atoms with Crippen LogP contribution >= 0.6 is 0 Å². The molecule has 0 aliphatic heterocycles. The van der Waals surface area contributed by atoms with Gasteiger partial charge in [-0.3, -0.25) is 28.8 Å². The van der Waals surface area contributed by atoms with Crippen LogP contribution in [0.25, 0.3) is 0 Å². The summed E-state index contributed by atoms with van der Waals surface area (Å²) in [5.74, 6) is -7.77. The van der Waals surface area contributed by atoms with Gasteiger partial charge in [0, 0.05) is 12.8 Å². The van der Waals surface area contributed by atoms with Crippen LogP contribution in [-0.2, 0) is 40.0 Å². The predicted molar refractivity (Wildman–Crippen MR) is 126 cm³/mol. The number of primary amides is 2. The summed E-state index contributed by atoms with van der Waals surface area (Å²) in [4.78, 5) is 82.9.